The van der Waals surface area contributed by atoms with Crippen molar-refractivity contribution >= 4 is 27.5 Å². The van der Waals surface area contributed by atoms with E-state index in [1.54, 1.807) is 43.0 Å². The Labute approximate surface area is 180 Å². The van der Waals surface area contributed by atoms with E-state index < -0.39 is 26.7 Å². The summed E-state index contributed by atoms with van der Waals surface area (Å²) < 4.78 is 52.0. The van der Waals surface area contributed by atoms with Crippen LogP contribution in [0.15, 0.2) is 47.4 Å². The third kappa shape index (κ3) is 5.21. The Morgan fingerprint density at radius 1 is 1.13 bits per heavy atom. The molecule has 1 amide bonds. The van der Waals surface area contributed by atoms with Gasteiger partial charge in [-0.1, -0.05) is 12.1 Å². The van der Waals surface area contributed by atoms with E-state index in [9.17, 15) is 22.0 Å². The molecule has 1 aliphatic rings. The second-order valence-electron chi connectivity index (χ2n) is 7.61. The lowest BCUT2D eigenvalue weighted by molar-refractivity contribution is -0.130. The van der Waals surface area contributed by atoms with Gasteiger partial charge in [-0.2, -0.15) is 11.8 Å². The third-order valence-electron chi connectivity index (χ3n) is 5.23. The molecule has 4 nitrogen and oxygen atoms in total. The van der Waals surface area contributed by atoms with Gasteiger partial charge in [0.2, 0.25) is 5.91 Å². The zero-order chi connectivity index (χ0) is 21.9. The van der Waals surface area contributed by atoms with Gasteiger partial charge in [0.05, 0.1) is 16.6 Å². The Balaban J connectivity index is 1.63. The van der Waals surface area contributed by atoms with Crippen LogP contribution in [-0.4, -0.2) is 43.3 Å². The number of hydrogen-bond acceptors (Lipinski definition) is 4. The smallest absolute Gasteiger partial charge is 0.227 e. The molecule has 1 saturated heterocycles. The van der Waals surface area contributed by atoms with E-state index in [1.807, 2.05) is 0 Å². The molecule has 0 aromatic heterocycles. The number of nitrogens with zero attached hydrogens (tertiary/aromatic N) is 1. The van der Waals surface area contributed by atoms with Gasteiger partial charge in [-0.15, -0.1) is 0 Å². The summed E-state index contributed by atoms with van der Waals surface area (Å²) in [7, 11) is -3.34. The molecule has 0 N–H and O–H groups in total. The lowest BCUT2D eigenvalue weighted by atomic mass is 10.1. The first kappa shape index (κ1) is 22.7. The first-order valence-corrected chi connectivity index (χ1v) is 12.4. The second-order valence-corrected chi connectivity index (χ2v) is 11.4. The summed E-state index contributed by atoms with van der Waals surface area (Å²) >= 11 is 1.53. The van der Waals surface area contributed by atoms with Crippen molar-refractivity contribution in [1.82, 2.24) is 4.90 Å². The van der Waals surface area contributed by atoms with Crippen LogP contribution in [0.25, 0.3) is 0 Å². The highest BCUT2D eigenvalue weighted by Gasteiger charge is 2.25. The third-order valence-corrected chi connectivity index (χ3v) is 8.71. The summed E-state index contributed by atoms with van der Waals surface area (Å²) in [6.45, 7) is 4.27. The van der Waals surface area contributed by atoms with E-state index in [4.69, 9.17) is 0 Å². The molecule has 1 atom stereocenters. The summed E-state index contributed by atoms with van der Waals surface area (Å²) in [4.78, 5) is 14.7. The van der Waals surface area contributed by atoms with E-state index in [0.29, 0.717) is 30.8 Å². The van der Waals surface area contributed by atoms with Crippen molar-refractivity contribution in [2.75, 3.05) is 18.8 Å². The van der Waals surface area contributed by atoms with Crippen molar-refractivity contribution in [3.05, 3.63) is 65.2 Å². The minimum Gasteiger partial charge on any atom is -0.342 e. The molecule has 8 heteroatoms. The lowest BCUT2D eigenvalue weighted by Crippen LogP contribution is -2.34. The minimum absolute atomic E-state index is 0.0598. The first-order chi connectivity index (χ1) is 14.2. The average molecular weight is 454 g/mol. The maximum Gasteiger partial charge on any atom is 0.227 e. The van der Waals surface area contributed by atoms with Gasteiger partial charge in [-0.3, -0.25) is 4.79 Å². The number of benzene rings is 2. The molecule has 0 spiro atoms. The highest BCUT2D eigenvalue weighted by Crippen LogP contribution is 2.36. The first-order valence-electron chi connectivity index (χ1n) is 9.85. The minimum atomic E-state index is -3.34. The monoisotopic (exact) mass is 453 g/mol. The number of sulfone groups is 1. The van der Waals surface area contributed by atoms with Crippen LogP contribution in [0.3, 0.4) is 0 Å². The van der Waals surface area contributed by atoms with Crippen LogP contribution in [0.2, 0.25) is 0 Å². The van der Waals surface area contributed by atoms with Gasteiger partial charge in [-0.25, -0.2) is 17.2 Å². The average Bonchev–Trinajstić information content (AvgIpc) is 2.96. The number of amides is 1. The molecule has 0 bridgehead atoms. The molecule has 1 aliphatic heterocycles. The van der Waals surface area contributed by atoms with Gasteiger partial charge >= 0.3 is 0 Å². The summed E-state index contributed by atoms with van der Waals surface area (Å²) in [6.07, 6.45) is 0.716. The predicted molar refractivity (Wildman–Crippen MR) is 115 cm³/mol. The van der Waals surface area contributed by atoms with Gasteiger partial charge in [0, 0.05) is 29.7 Å². The Morgan fingerprint density at radius 3 is 2.50 bits per heavy atom. The molecule has 2 aromatic rings. The van der Waals surface area contributed by atoms with Crippen molar-refractivity contribution in [2.45, 2.75) is 42.1 Å². The molecule has 0 radical (unpaired) electrons. The molecule has 2 aromatic carbocycles. The maximum absolute atomic E-state index is 14.1. The van der Waals surface area contributed by atoms with E-state index in [-0.39, 0.29) is 22.5 Å². The standard InChI is InChI=1S/C22H25F2NO3S2/c1-15(2)30(27,28)18-6-3-16(4-7-18)13-22(26)25-10-9-21(29-12-11-25)19-14-17(23)5-8-20(19)24/h3-8,14-15,21H,9-13H2,1-2H3. The molecule has 3 rings (SSSR count). The predicted octanol–water partition coefficient (Wildman–Crippen LogP) is 4.40. The van der Waals surface area contributed by atoms with Crippen molar-refractivity contribution in [3.8, 4) is 0 Å². The van der Waals surface area contributed by atoms with Crippen LogP contribution >= 0.6 is 11.8 Å². The van der Waals surface area contributed by atoms with Crippen LogP contribution < -0.4 is 0 Å². The molecule has 1 unspecified atom stereocenters. The molecule has 1 fully saturated rings. The normalized spacial score (nSPS) is 17.8. The highest BCUT2D eigenvalue weighted by atomic mass is 32.2. The largest absolute Gasteiger partial charge is 0.342 e. The quantitative estimate of drug-likeness (QED) is 0.674. The molecule has 0 aliphatic carbocycles. The van der Waals surface area contributed by atoms with E-state index in [2.05, 4.69) is 0 Å². The van der Waals surface area contributed by atoms with Gasteiger partial charge in [0.15, 0.2) is 9.84 Å². The number of halogens is 2. The summed E-state index contributed by atoms with van der Waals surface area (Å²) in [5.74, 6) is -0.314. The fourth-order valence-electron chi connectivity index (χ4n) is 3.38. The van der Waals surface area contributed by atoms with E-state index in [0.717, 1.165) is 17.7 Å². The Bertz CT molecular complexity index is 1010. The van der Waals surface area contributed by atoms with Gasteiger partial charge < -0.3 is 4.90 Å². The Hall–Kier alpha value is -1.93. The maximum atomic E-state index is 14.1. The van der Waals surface area contributed by atoms with Gasteiger partial charge in [0.25, 0.3) is 0 Å². The van der Waals surface area contributed by atoms with Gasteiger partial charge in [-0.05, 0) is 56.2 Å². The number of rotatable bonds is 5. The zero-order valence-electron chi connectivity index (χ0n) is 17.0. The SMILES string of the molecule is CC(C)S(=O)(=O)c1ccc(CC(=O)N2CCSC(c3cc(F)ccc3F)CC2)cc1. The fourth-order valence-corrected chi connectivity index (χ4v) is 5.69. The highest BCUT2D eigenvalue weighted by molar-refractivity contribution is 7.99. The van der Waals surface area contributed by atoms with Gasteiger partial charge in [0.1, 0.15) is 11.6 Å². The number of thioether (sulfide) groups is 1. The molecule has 30 heavy (non-hydrogen) atoms. The van der Waals surface area contributed by atoms with Crippen molar-refractivity contribution in [2.24, 2.45) is 0 Å². The molecule has 162 valence electrons. The lowest BCUT2D eigenvalue weighted by Gasteiger charge is -2.20. The van der Waals surface area contributed by atoms with Crippen LogP contribution in [0, 0.1) is 11.6 Å². The summed E-state index contributed by atoms with van der Waals surface area (Å²) in [6, 6.07) is 9.90. The van der Waals surface area contributed by atoms with Crippen molar-refractivity contribution in [1.29, 1.82) is 0 Å². The molecule has 0 saturated carbocycles. The zero-order valence-corrected chi connectivity index (χ0v) is 18.6. The summed E-state index contributed by atoms with van der Waals surface area (Å²) in [5.41, 5.74) is 1.09. The molecular weight excluding hydrogens is 428 g/mol. The van der Waals surface area contributed by atoms with Crippen LogP contribution in [-0.2, 0) is 21.1 Å². The van der Waals surface area contributed by atoms with Crippen LogP contribution in [0.4, 0.5) is 8.78 Å². The summed E-state index contributed by atoms with van der Waals surface area (Å²) in [5, 5.41) is -0.700. The second kappa shape index (κ2) is 9.47. The molecule has 1 heterocycles. The number of carbonyl (C=O) groups is 1. The van der Waals surface area contributed by atoms with Crippen LogP contribution in [0.1, 0.15) is 36.6 Å². The van der Waals surface area contributed by atoms with E-state index in [1.165, 1.54) is 17.8 Å². The Kier molecular flexibility index (Phi) is 7.18. The van der Waals surface area contributed by atoms with E-state index >= 15 is 0 Å². The van der Waals surface area contributed by atoms with Crippen molar-refractivity contribution in [3.63, 3.8) is 0 Å². The van der Waals surface area contributed by atoms with Crippen LogP contribution in [0.5, 0.6) is 0 Å². The fraction of sp³-hybridized carbons (Fsp3) is 0.409. The van der Waals surface area contributed by atoms with Crippen molar-refractivity contribution < 1.29 is 22.0 Å². The number of hydrogen-bond donors (Lipinski definition) is 0. The molecular formula is C22H25F2NO3S2. The number of carbonyl (C=O) groups excluding carboxylic acids is 1. The topological polar surface area (TPSA) is 54.5 Å². The Morgan fingerprint density at radius 2 is 1.83 bits per heavy atom.